The minimum absolute atomic E-state index is 0.0238. The van der Waals surface area contributed by atoms with E-state index >= 15 is 0 Å². The topological polar surface area (TPSA) is 57.8 Å². The lowest BCUT2D eigenvalue weighted by Crippen LogP contribution is -2.42. The fourth-order valence-corrected chi connectivity index (χ4v) is 5.97. The maximum absolute atomic E-state index is 12.5. The Kier molecular flexibility index (Phi) is 3.61. The Balaban J connectivity index is 1.33. The Labute approximate surface area is 170 Å². The Morgan fingerprint density at radius 3 is 2.79 bits per heavy atom. The summed E-state index contributed by atoms with van der Waals surface area (Å²) in [5.74, 6) is 1.92. The van der Waals surface area contributed by atoms with Gasteiger partial charge in [0.1, 0.15) is 11.6 Å². The summed E-state index contributed by atoms with van der Waals surface area (Å²) in [5, 5.41) is 0. The third kappa shape index (κ3) is 2.54. The van der Waals surface area contributed by atoms with Crippen LogP contribution in [0.2, 0.25) is 0 Å². The number of nitrogens with one attached hydrogen (secondary N) is 1. The molecular weight excluding hydrogens is 366 g/mol. The van der Waals surface area contributed by atoms with Crippen molar-refractivity contribution in [2.24, 2.45) is 10.8 Å². The highest BCUT2D eigenvalue weighted by Gasteiger charge is 2.89. The Hall–Kier alpha value is -2.47. The molecule has 2 aliphatic carbocycles. The van der Waals surface area contributed by atoms with Gasteiger partial charge >= 0.3 is 0 Å². The molecule has 2 aromatic rings. The number of aromatic amines is 1. The van der Waals surface area contributed by atoms with E-state index in [1.165, 1.54) is 18.4 Å². The average molecular weight is 393 g/mol. The second-order valence-electron chi connectivity index (χ2n) is 9.14. The summed E-state index contributed by atoms with van der Waals surface area (Å²) < 4.78 is 11.1. The lowest BCUT2D eigenvalue weighted by molar-refractivity contribution is 0.122. The van der Waals surface area contributed by atoms with Crippen molar-refractivity contribution < 1.29 is 9.47 Å². The van der Waals surface area contributed by atoms with Crippen molar-refractivity contribution in [3.05, 3.63) is 52.3 Å². The van der Waals surface area contributed by atoms with Crippen LogP contribution in [0.25, 0.3) is 0 Å². The number of benzene rings is 1. The molecule has 0 spiro atoms. The molecule has 1 N–H and O–H groups in total. The molecule has 3 heterocycles. The lowest BCUT2D eigenvalue weighted by atomic mass is 9.93. The molecule has 1 aromatic carbocycles. The molecule has 0 radical (unpaired) electrons. The van der Waals surface area contributed by atoms with Gasteiger partial charge in [0.05, 0.1) is 20.3 Å². The number of hydrogen-bond acceptors (Lipinski definition) is 5. The fourth-order valence-electron chi connectivity index (χ4n) is 5.97. The number of hydrogen-bond donors (Lipinski definition) is 1. The second-order valence-corrected chi connectivity index (χ2v) is 9.14. The zero-order valence-electron chi connectivity index (χ0n) is 16.8. The zero-order valence-corrected chi connectivity index (χ0v) is 16.8. The largest absolute Gasteiger partial charge is 0.496 e. The summed E-state index contributed by atoms with van der Waals surface area (Å²) in [5.41, 5.74) is 3.17. The third-order valence-electron chi connectivity index (χ3n) is 7.71. The highest BCUT2D eigenvalue weighted by atomic mass is 16.5. The van der Waals surface area contributed by atoms with Gasteiger partial charge in [0.25, 0.3) is 5.56 Å². The molecule has 4 aliphatic rings. The van der Waals surface area contributed by atoms with Crippen LogP contribution in [0.15, 0.2) is 41.2 Å². The van der Waals surface area contributed by atoms with Crippen molar-refractivity contribution in [3.8, 4) is 5.75 Å². The predicted molar refractivity (Wildman–Crippen MR) is 112 cm³/mol. The first kappa shape index (κ1) is 17.4. The Morgan fingerprint density at radius 1 is 1.21 bits per heavy atom. The summed E-state index contributed by atoms with van der Waals surface area (Å²) >= 11 is 0. The first-order chi connectivity index (χ1) is 14.1. The van der Waals surface area contributed by atoms with Gasteiger partial charge in [0.15, 0.2) is 0 Å². The number of ether oxygens (including phenoxy) is 2. The maximum atomic E-state index is 12.5. The number of nitrogens with zero attached hydrogens (tertiary/aromatic N) is 2. The minimum atomic E-state index is -0.0238. The van der Waals surface area contributed by atoms with Gasteiger partial charge in [0.2, 0.25) is 0 Å². The fraction of sp³-hybridized carbons (Fsp3) is 0.522. The number of rotatable bonds is 5. The van der Waals surface area contributed by atoms with Crippen LogP contribution in [0.5, 0.6) is 5.75 Å². The van der Waals surface area contributed by atoms with Crippen LogP contribution in [0, 0.1) is 10.8 Å². The summed E-state index contributed by atoms with van der Waals surface area (Å²) in [6.45, 7) is 4.15. The van der Waals surface area contributed by atoms with Crippen molar-refractivity contribution in [1.29, 1.82) is 0 Å². The van der Waals surface area contributed by atoms with Gasteiger partial charge in [-0.1, -0.05) is 18.2 Å². The summed E-state index contributed by atoms with van der Waals surface area (Å²) in [6, 6.07) is 12.6. The van der Waals surface area contributed by atoms with Crippen molar-refractivity contribution in [1.82, 2.24) is 4.98 Å². The molecule has 2 saturated heterocycles. The molecule has 6 nitrogen and oxygen atoms in total. The van der Waals surface area contributed by atoms with Crippen molar-refractivity contribution in [2.75, 3.05) is 49.8 Å². The van der Waals surface area contributed by atoms with E-state index in [9.17, 15) is 4.79 Å². The standard InChI is InChI=1S/C23H27N3O3/c1-28-18-5-3-2-4-16(18)10-19-23-13-22(23,14-23)15-26(19)20-11-17(12-21(27)24-20)25-6-8-29-9-7-25/h2-5,11-12,19H,6-10,13-15H2,1H3,(H,24,27)/t19-,22?,23?/m0/s1. The number of aromatic nitrogens is 1. The molecular formula is C23H27N3O3. The normalized spacial score (nSPS) is 32.0. The number of piperidine rings is 2. The van der Waals surface area contributed by atoms with Gasteiger partial charge < -0.3 is 24.3 Å². The molecule has 0 bridgehead atoms. The van der Waals surface area contributed by atoms with Crippen LogP contribution in [0.3, 0.4) is 0 Å². The molecule has 0 unspecified atom stereocenters. The quantitative estimate of drug-likeness (QED) is 0.846. The van der Waals surface area contributed by atoms with Crippen molar-refractivity contribution >= 4 is 11.5 Å². The average Bonchev–Trinajstić information content (AvgIpc) is 3.53. The van der Waals surface area contributed by atoms with Gasteiger partial charge in [-0.3, -0.25) is 4.79 Å². The molecule has 4 fully saturated rings. The third-order valence-corrected chi connectivity index (χ3v) is 7.71. The number of anilines is 2. The van der Waals surface area contributed by atoms with E-state index in [0.717, 1.165) is 43.3 Å². The van der Waals surface area contributed by atoms with Gasteiger partial charge in [0, 0.05) is 43.5 Å². The van der Waals surface area contributed by atoms with E-state index in [4.69, 9.17) is 9.47 Å². The molecule has 2 aliphatic heterocycles. The van der Waals surface area contributed by atoms with E-state index in [-0.39, 0.29) is 5.56 Å². The number of pyridine rings is 1. The summed E-state index contributed by atoms with van der Waals surface area (Å²) in [6.07, 6.45) is 3.63. The molecule has 2 saturated carbocycles. The van der Waals surface area contributed by atoms with E-state index < -0.39 is 0 Å². The number of morpholine rings is 1. The smallest absolute Gasteiger partial charge is 0.251 e. The van der Waals surface area contributed by atoms with Gasteiger partial charge in [-0.15, -0.1) is 0 Å². The maximum Gasteiger partial charge on any atom is 0.251 e. The lowest BCUT2D eigenvalue weighted by Gasteiger charge is -2.36. The van der Waals surface area contributed by atoms with E-state index in [1.807, 2.05) is 12.1 Å². The van der Waals surface area contributed by atoms with Crippen LogP contribution in [-0.4, -0.2) is 51.0 Å². The molecule has 1 aromatic heterocycles. The van der Waals surface area contributed by atoms with Crippen LogP contribution < -0.4 is 20.1 Å². The second kappa shape index (κ2) is 6.02. The minimum Gasteiger partial charge on any atom is -0.496 e. The van der Waals surface area contributed by atoms with Crippen LogP contribution in [-0.2, 0) is 11.2 Å². The first-order valence-corrected chi connectivity index (χ1v) is 10.6. The van der Waals surface area contributed by atoms with Crippen LogP contribution >= 0.6 is 0 Å². The van der Waals surface area contributed by atoms with Crippen LogP contribution in [0.1, 0.15) is 18.4 Å². The highest BCUT2D eigenvalue weighted by Crippen LogP contribution is 2.91. The summed E-state index contributed by atoms with van der Waals surface area (Å²) in [4.78, 5) is 20.3. The first-order valence-electron chi connectivity index (χ1n) is 10.6. The van der Waals surface area contributed by atoms with E-state index in [1.54, 1.807) is 13.2 Å². The molecule has 6 heteroatoms. The zero-order chi connectivity index (χ0) is 19.6. The van der Waals surface area contributed by atoms with Crippen molar-refractivity contribution in [2.45, 2.75) is 25.3 Å². The monoisotopic (exact) mass is 393 g/mol. The molecule has 29 heavy (non-hydrogen) atoms. The van der Waals surface area contributed by atoms with Gasteiger partial charge in [-0.2, -0.15) is 0 Å². The number of para-hydroxylation sites is 1. The molecule has 1 atom stereocenters. The Morgan fingerprint density at radius 2 is 2.00 bits per heavy atom. The van der Waals surface area contributed by atoms with Gasteiger partial charge in [-0.25, -0.2) is 0 Å². The summed E-state index contributed by atoms with van der Waals surface area (Å²) in [7, 11) is 1.74. The van der Waals surface area contributed by atoms with Crippen molar-refractivity contribution in [3.63, 3.8) is 0 Å². The SMILES string of the molecule is COc1ccccc1C[C@@H]1N(c2cc(N3CCOCC3)cc(=O)[nH]2)CC23CC12C3. The molecule has 6 rings (SSSR count). The van der Waals surface area contributed by atoms with Gasteiger partial charge in [-0.05, 0) is 41.7 Å². The number of methoxy groups -OCH3 is 1. The Bertz CT molecular complexity index is 1000. The van der Waals surface area contributed by atoms with E-state index in [2.05, 4.69) is 33.0 Å². The number of H-pyrrole nitrogens is 1. The predicted octanol–water partition coefficient (Wildman–Crippen LogP) is 2.43. The molecule has 152 valence electrons. The highest BCUT2D eigenvalue weighted by molar-refractivity contribution is 5.61. The van der Waals surface area contributed by atoms with Crippen LogP contribution in [0.4, 0.5) is 11.5 Å². The molecule has 0 amide bonds. The van der Waals surface area contributed by atoms with E-state index in [0.29, 0.717) is 30.1 Å².